The fraction of sp³-hybridized carbons (Fsp3) is 0.0357. The van der Waals surface area contributed by atoms with E-state index in [0.717, 1.165) is 23.5 Å². The summed E-state index contributed by atoms with van der Waals surface area (Å²) in [4.78, 5) is 2.35. The molecule has 0 saturated carbocycles. The summed E-state index contributed by atoms with van der Waals surface area (Å²) in [7, 11) is 0. The molecule has 1 aliphatic carbocycles. The highest BCUT2D eigenvalue weighted by Crippen LogP contribution is 2.41. The summed E-state index contributed by atoms with van der Waals surface area (Å²) in [5.74, 6) is 0.300. The summed E-state index contributed by atoms with van der Waals surface area (Å²) in [6.07, 6.45) is 8.10. The summed E-state index contributed by atoms with van der Waals surface area (Å²) in [5.41, 5.74) is 14.7. The second kappa shape index (κ2) is 15.1. The van der Waals surface area contributed by atoms with Crippen LogP contribution in [0.25, 0.3) is 60.5 Å². The van der Waals surface area contributed by atoms with Gasteiger partial charge < -0.3 is 4.90 Å². The van der Waals surface area contributed by atoms with Crippen LogP contribution in [0.4, 0.5) is 17.1 Å². The Balaban J connectivity index is 0.942. The molecule has 0 spiro atoms. The van der Waals surface area contributed by atoms with E-state index in [-0.39, 0.29) is 0 Å². The molecule has 0 fully saturated rings. The Hall–Kier alpha value is -7.22. The first-order valence-corrected chi connectivity index (χ1v) is 19.9. The predicted octanol–water partition coefficient (Wildman–Crippen LogP) is 15.6. The maximum absolute atomic E-state index is 2.43. The fourth-order valence-electron chi connectivity index (χ4n) is 8.53. The van der Waals surface area contributed by atoms with Crippen molar-refractivity contribution in [2.45, 2.75) is 12.3 Å². The predicted molar refractivity (Wildman–Crippen MR) is 243 cm³/mol. The summed E-state index contributed by atoms with van der Waals surface area (Å²) in [6.45, 7) is 0. The number of para-hydroxylation sites is 1. The van der Waals surface area contributed by atoms with E-state index in [1.807, 2.05) is 0 Å². The summed E-state index contributed by atoms with van der Waals surface area (Å²) in [6, 6.07) is 77.0. The van der Waals surface area contributed by atoms with Gasteiger partial charge in [-0.15, -0.1) is 0 Å². The standard InChI is InChI=1S/C56H41N/c1-3-13-42(14-4-1)55-38-33-47(54-24-12-18-44-16-8-10-22-52(44)54)39-56(55)46-27-25-40(26-28-46)41-29-34-49(35-30-41)57(48-19-5-2-6-20-48)50-36-31-45(32-37-50)53-23-11-17-43-15-7-9-21-51(43)53/h1-25,27-40H,26H2. The second-order valence-corrected chi connectivity index (χ2v) is 14.8. The molecule has 1 nitrogen and oxygen atoms in total. The quantitative estimate of drug-likeness (QED) is 0.151. The highest BCUT2D eigenvalue weighted by Gasteiger charge is 2.18. The van der Waals surface area contributed by atoms with Crippen molar-refractivity contribution < 1.29 is 0 Å². The molecule has 270 valence electrons. The largest absolute Gasteiger partial charge is 0.311 e. The van der Waals surface area contributed by atoms with E-state index in [2.05, 4.69) is 235 Å². The molecular formula is C56H41N. The third-order valence-electron chi connectivity index (χ3n) is 11.4. The lowest BCUT2D eigenvalue weighted by Gasteiger charge is -2.26. The monoisotopic (exact) mass is 727 g/mol. The van der Waals surface area contributed by atoms with Crippen LogP contribution in [-0.2, 0) is 0 Å². The Labute approximate surface area is 335 Å². The zero-order chi connectivity index (χ0) is 38.0. The number of hydrogen-bond donors (Lipinski definition) is 0. The highest BCUT2D eigenvalue weighted by molar-refractivity contribution is 5.99. The second-order valence-electron chi connectivity index (χ2n) is 14.8. The molecule has 1 atom stereocenters. The molecule has 0 amide bonds. The first-order valence-electron chi connectivity index (χ1n) is 19.9. The van der Waals surface area contributed by atoms with Crippen LogP contribution in [-0.4, -0.2) is 0 Å². The maximum atomic E-state index is 2.43. The normalized spacial score (nSPS) is 13.8. The molecule has 57 heavy (non-hydrogen) atoms. The van der Waals surface area contributed by atoms with Gasteiger partial charge in [0.05, 0.1) is 0 Å². The van der Waals surface area contributed by atoms with Crippen LogP contribution in [0.2, 0.25) is 0 Å². The number of allylic oxidation sites excluding steroid dienone is 4. The van der Waals surface area contributed by atoms with Crippen LogP contribution in [0.3, 0.4) is 0 Å². The Bertz CT molecular complexity index is 2890. The van der Waals surface area contributed by atoms with Crippen molar-refractivity contribution in [1.82, 2.24) is 0 Å². The van der Waals surface area contributed by atoms with Gasteiger partial charge in [-0.3, -0.25) is 0 Å². The van der Waals surface area contributed by atoms with E-state index < -0.39 is 0 Å². The van der Waals surface area contributed by atoms with Gasteiger partial charge in [0, 0.05) is 23.0 Å². The zero-order valence-electron chi connectivity index (χ0n) is 31.7. The average Bonchev–Trinajstić information content (AvgIpc) is 3.30. The Morgan fingerprint density at radius 1 is 0.368 bits per heavy atom. The van der Waals surface area contributed by atoms with Crippen LogP contribution in [0.5, 0.6) is 0 Å². The molecule has 1 heteroatoms. The molecule has 0 heterocycles. The summed E-state index contributed by atoms with van der Waals surface area (Å²) in [5, 5.41) is 5.07. The number of nitrogens with zero attached hydrogens (tertiary/aromatic N) is 1. The molecule has 10 rings (SSSR count). The van der Waals surface area contributed by atoms with Crippen molar-refractivity contribution in [3.63, 3.8) is 0 Å². The van der Waals surface area contributed by atoms with Crippen LogP contribution >= 0.6 is 0 Å². The Kier molecular flexibility index (Phi) is 9.10. The van der Waals surface area contributed by atoms with E-state index >= 15 is 0 Å². The maximum Gasteiger partial charge on any atom is 0.0462 e. The SMILES string of the molecule is C1=CC(c2ccc(N(c3ccccc3)c3ccc(-c4cccc5ccccc45)cc3)cc2)CC=C1c1cc(-c2cccc3ccccc23)ccc1-c1ccccc1. The van der Waals surface area contributed by atoms with Crippen LogP contribution < -0.4 is 4.90 Å². The van der Waals surface area contributed by atoms with Gasteiger partial charge in [0.2, 0.25) is 0 Å². The lowest BCUT2D eigenvalue weighted by molar-refractivity contribution is 0.856. The molecule has 1 aliphatic rings. The van der Waals surface area contributed by atoms with Gasteiger partial charge in [-0.2, -0.15) is 0 Å². The lowest BCUT2D eigenvalue weighted by Crippen LogP contribution is -2.10. The van der Waals surface area contributed by atoms with Crippen molar-refractivity contribution in [3.05, 3.63) is 242 Å². The summed E-state index contributed by atoms with van der Waals surface area (Å²) < 4.78 is 0. The molecular weight excluding hydrogens is 687 g/mol. The molecule has 0 saturated heterocycles. The van der Waals surface area contributed by atoms with Crippen molar-refractivity contribution in [1.29, 1.82) is 0 Å². The molecule has 0 radical (unpaired) electrons. The topological polar surface area (TPSA) is 3.24 Å². The number of benzene rings is 9. The highest BCUT2D eigenvalue weighted by atomic mass is 15.1. The third-order valence-corrected chi connectivity index (χ3v) is 11.4. The number of hydrogen-bond acceptors (Lipinski definition) is 1. The molecule has 9 aromatic rings. The van der Waals surface area contributed by atoms with E-state index in [1.54, 1.807) is 0 Å². The lowest BCUT2D eigenvalue weighted by atomic mass is 9.84. The Morgan fingerprint density at radius 2 is 0.877 bits per heavy atom. The molecule has 0 N–H and O–H groups in total. The van der Waals surface area contributed by atoms with Gasteiger partial charge in [0.15, 0.2) is 0 Å². The number of anilines is 3. The van der Waals surface area contributed by atoms with Crippen LogP contribution in [0, 0.1) is 0 Å². The van der Waals surface area contributed by atoms with E-state index in [4.69, 9.17) is 0 Å². The minimum Gasteiger partial charge on any atom is -0.311 e. The first-order chi connectivity index (χ1) is 28.3. The first kappa shape index (κ1) is 34.3. The van der Waals surface area contributed by atoms with Gasteiger partial charge >= 0.3 is 0 Å². The average molecular weight is 728 g/mol. The van der Waals surface area contributed by atoms with Gasteiger partial charge in [0.25, 0.3) is 0 Å². The van der Waals surface area contributed by atoms with Crippen molar-refractivity contribution in [2.75, 3.05) is 4.90 Å². The zero-order valence-corrected chi connectivity index (χ0v) is 31.7. The molecule has 0 aromatic heterocycles. The van der Waals surface area contributed by atoms with Crippen LogP contribution in [0.15, 0.2) is 231 Å². The van der Waals surface area contributed by atoms with Gasteiger partial charge in [-0.25, -0.2) is 0 Å². The van der Waals surface area contributed by atoms with E-state index in [9.17, 15) is 0 Å². The van der Waals surface area contributed by atoms with E-state index in [1.165, 1.54) is 71.6 Å². The number of fused-ring (bicyclic) bond motifs is 2. The van der Waals surface area contributed by atoms with Crippen molar-refractivity contribution in [2.24, 2.45) is 0 Å². The van der Waals surface area contributed by atoms with E-state index in [0.29, 0.717) is 5.92 Å². The van der Waals surface area contributed by atoms with Crippen LogP contribution in [0.1, 0.15) is 23.5 Å². The van der Waals surface area contributed by atoms with Gasteiger partial charge in [-0.1, -0.05) is 188 Å². The third kappa shape index (κ3) is 6.75. The fourth-order valence-corrected chi connectivity index (χ4v) is 8.53. The molecule has 9 aromatic carbocycles. The molecule has 0 bridgehead atoms. The molecule has 1 unspecified atom stereocenters. The van der Waals surface area contributed by atoms with Gasteiger partial charge in [-0.05, 0) is 121 Å². The number of rotatable bonds is 8. The van der Waals surface area contributed by atoms with Crippen molar-refractivity contribution >= 4 is 44.2 Å². The smallest absolute Gasteiger partial charge is 0.0462 e. The molecule has 0 aliphatic heterocycles. The minimum atomic E-state index is 0.300. The van der Waals surface area contributed by atoms with Crippen molar-refractivity contribution in [3.8, 4) is 33.4 Å². The Morgan fingerprint density at radius 3 is 1.51 bits per heavy atom. The van der Waals surface area contributed by atoms with Gasteiger partial charge in [0.1, 0.15) is 0 Å². The minimum absolute atomic E-state index is 0.300. The summed E-state index contributed by atoms with van der Waals surface area (Å²) >= 11 is 0.